The van der Waals surface area contributed by atoms with Gasteiger partial charge in [-0.2, -0.15) is 0 Å². The molecule has 4 nitrogen and oxygen atoms in total. The molecule has 4 heteroatoms. The fourth-order valence-corrected chi connectivity index (χ4v) is 1.44. The molecule has 0 fully saturated rings. The van der Waals surface area contributed by atoms with Crippen molar-refractivity contribution in [2.45, 2.75) is 20.3 Å². The van der Waals surface area contributed by atoms with E-state index in [1.165, 1.54) is 6.26 Å². The molecule has 0 aromatic carbocycles. The molecular weight excluding hydrogens is 194 g/mol. The zero-order valence-corrected chi connectivity index (χ0v) is 9.19. The van der Waals surface area contributed by atoms with Crippen molar-refractivity contribution in [1.29, 1.82) is 0 Å². The van der Waals surface area contributed by atoms with E-state index in [2.05, 4.69) is 0 Å². The summed E-state index contributed by atoms with van der Waals surface area (Å²) in [6.07, 6.45) is 2.12. The molecule has 0 saturated heterocycles. The first kappa shape index (κ1) is 11.8. The summed E-state index contributed by atoms with van der Waals surface area (Å²) < 4.78 is 5.09. The maximum Gasteiger partial charge on any atom is 0.257 e. The number of rotatable bonds is 5. The van der Waals surface area contributed by atoms with Gasteiger partial charge in [-0.3, -0.25) is 4.79 Å². The van der Waals surface area contributed by atoms with Gasteiger partial charge >= 0.3 is 0 Å². The first-order valence-corrected chi connectivity index (χ1v) is 5.15. The van der Waals surface area contributed by atoms with Gasteiger partial charge < -0.3 is 14.4 Å². The number of amides is 1. The lowest BCUT2D eigenvalue weighted by molar-refractivity contribution is 0.0752. The number of aliphatic hydroxyl groups is 1. The Morgan fingerprint density at radius 3 is 2.80 bits per heavy atom. The number of furan rings is 1. The Morgan fingerprint density at radius 2 is 2.33 bits per heavy atom. The van der Waals surface area contributed by atoms with Crippen LogP contribution in [-0.2, 0) is 0 Å². The van der Waals surface area contributed by atoms with Crippen molar-refractivity contribution in [3.05, 3.63) is 23.7 Å². The normalized spacial score (nSPS) is 10.3. The fourth-order valence-electron chi connectivity index (χ4n) is 1.44. The molecule has 1 aromatic heterocycles. The minimum absolute atomic E-state index is 0.0304. The lowest BCUT2D eigenvalue weighted by atomic mass is 10.2. The lowest BCUT2D eigenvalue weighted by Crippen LogP contribution is -2.32. The third-order valence-corrected chi connectivity index (χ3v) is 2.34. The van der Waals surface area contributed by atoms with Crippen LogP contribution in [0, 0.1) is 6.92 Å². The number of hydrogen-bond donors (Lipinski definition) is 1. The van der Waals surface area contributed by atoms with E-state index < -0.39 is 0 Å². The van der Waals surface area contributed by atoms with E-state index in [0.717, 1.165) is 0 Å². The summed E-state index contributed by atoms with van der Waals surface area (Å²) in [4.78, 5) is 13.7. The van der Waals surface area contributed by atoms with Crippen molar-refractivity contribution in [3.8, 4) is 0 Å². The van der Waals surface area contributed by atoms with Crippen LogP contribution in [-0.4, -0.2) is 35.6 Å². The van der Waals surface area contributed by atoms with Gasteiger partial charge in [0.15, 0.2) is 0 Å². The summed E-state index contributed by atoms with van der Waals surface area (Å²) in [6.45, 7) is 5.02. The molecule has 1 N–H and O–H groups in total. The molecule has 15 heavy (non-hydrogen) atoms. The van der Waals surface area contributed by atoms with E-state index in [1.54, 1.807) is 17.9 Å². The van der Waals surface area contributed by atoms with E-state index in [-0.39, 0.29) is 12.5 Å². The first-order chi connectivity index (χ1) is 7.20. The monoisotopic (exact) mass is 211 g/mol. The number of carbonyl (C=O) groups is 1. The van der Waals surface area contributed by atoms with E-state index >= 15 is 0 Å². The molecule has 1 heterocycles. The summed E-state index contributed by atoms with van der Waals surface area (Å²) >= 11 is 0. The van der Waals surface area contributed by atoms with Gasteiger partial charge in [-0.1, -0.05) is 0 Å². The quantitative estimate of drug-likeness (QED) is 0.801. The third-order valence-electron chi connectivity index (χ3n) is 2.34. The van der Waals surface area contributed by atoms with Crippen LogP contribution in [0.15, 0.2) is 16.7 Å². The fraction of sp³-hybridized carbons (Fsp3) is 0.545. The molecule has 0 aliphatic heterocycles. The van der Waals surface area contributed by atoms with Gasteiger partial charge in [0.2, 0.25) is 0 Å². The van der Waals surface area contributed by atoms with E-state index in [0.29, 0.717) is 30.8 Å². The average Bonchev–Trinajstić information content (AvgIpc) is 2.65. The van der Waals surface area contributed by atoms with E-state index in [1.807, 2.05) is 6.92 Å². The Hall–Kier alpha value is -1.29. The Balaban J connectivity index is 2.69. The molecule has 1 rings (SSSR count). The Kier molecular flexibility index (Phi) is 4.37. The molecule has 0 saturated carbocycles. The van der Waals surface area contributed by atoms with Crippen LogP contribution in [0.1, 0.15) is 29.5 Å². The second-order valence-corrected chi connectivity index (χ2v) is 3.35. The van der Waals surface area contributed by atoms with Crippen molar-refractivity contribution in [3.63, 3.8) is 0 Å². The molecule has 0 aliphatic carbocycles. The Labute approximate surface area is 89.5 Å². The maximum atomic E-state index is 11.9. The predicted molar refractivity (Wildman–Crippen MR) is 56.7 cm³/mol. The SMILES string of the molecule is CCN(CCCO)C(=O)c1ccoc1C. The number of hydrogen-bond acceptors (Lipinski definition) is 3. The summed E-state index contributed by atoms with van der Waals surface area (Å²) in [5.41, 5.74) is 0.606. The predicted octanol–water partition coefficient (Wildman–Crippen LogP) is 1.43. The molecule has 84 valence electrons. The van der Waals surface area contributed by atoms with Gasteiger partial charge in [0.25, 0.3) is 5.91 Å². The van der Waals surface area contributed by atoms with Crippen LogP contribution in [0.3, 0.4) is 0 Å². The number of carbonyl (C=O) groups excluding carboxylic acids is 1. The Bertz CT molecular complexity index is 319. The average molecular weight is 211 g/mol. The van der Waals surface area contributed by atoms with E-state index in [9.17, 15) is 4.79 Å². The molecule has 0 spiro atoms. The van der Waals surface area contributed by atoms with E-state index in [4.69, 9.17) is 9.52 Å². The molecule has 0 unspecified atom stereocenters. The number of aliphatic hydroxyl groups excluding tert-OH is 1. The highest BCUT2D eigenvalue weighted by Gasteiger charge is 2.17. The highest BCUT2D eigenvalue weighted by Crippen LogP contribution is 2.12. The van der Waals surface area contributed by atoms with Gasteiger partial charge in [-0.25, -0.2) is 0 Å². The molecular formula is C11H17NO3. The van der Waals surface area contributed by atoms with Crippen molar-refractivity contribution in [2.75, 3.05) is 19.7 Å². The van der Waals surface area contributed by atoms with Crippen LogP contribution in [0.25, 0.3) is 0 Å². The summed E-state index contributed by atoms with van der Waals surface area (Å²) in [5.74, 6) is 0.611. The third kappa shape index (κ3) is 2.83. The summed E-state index contributed by atoms with van der Waals surface area (Å²) in [5, 5.41) is 8.72. The summed E-state index contributed by atoms with van der Waals surface area (Å²) in [6, 6.07) is 1.68. The molecule has 0 atom stereocenters. The van der Waals surface area contributed by atoms with Crippen molar-refractivity contribution in [2.24, 2.45) is 0 Å². The van der Waals surface area contributed by atoms with Crippen molar-refractivity contribution >= 4 is 5.91 Å². The second-order valence-electron chi connectivity index (χ2n) is 3.35. The van der Waals surface area contributed by atoms with Gasteiger partial charge in [-0.15, -0.1) is 0 Å². The molecule has 0 bridgehead atoms. The number of nitrogens with zero attached hydrogens (tertiary/aromatic N) is 1. The standard InChI is InChI=1S/C11H17NO3/c1-3-12(6-4-7-13)11(14)10-5-8-15-9(10)2/h5,8,13H,3-4,6-7H2,1-2H3. The molecule has 1 amide bonds. The zero-order valence-electron chi connectivity index (χ0n) is 9.19. The minimum Gasteiger partial charge on any atom is -0.469 e. The smallest absolute Gasteiger partial charge is 0.257 e. The van der Waals surface area contributed by atoms with Crippen LogP contribution in [0.5, 0.6) is 0 Å². The van der Waals surface area contributed by atoms with Gasteiger partial charge in [0.05, 0.1) is 11.8 Å². The minimum atomic E-state index is -0.0304. The van der Waals surface area contributed by atoms with Gasteiger partial charge in [0.1, 0.15) is 5.76 Å². The highest BCUT2D eigenvalue weighted by atomic mass is 16.3. The second kappa shape index (κ2) is 5.56. The largest absolute Gasteiger partial charge is 0.469 e. The van der Waals surface area contributed by atoms with Crippen LogP contribution in [0.2, 0.25) is 0 Å². The van der Waals surface area contributed by atoms with Crippen molar-refractivity contribution < 1.29 is 14.3 Å². The molecule has 1 aromatic rings. The van der Waals surface area contributed by atoms with Crippen LogP contribution < -0.4 is 0 Å². The van der Waals surface area contributed by atoms with Gasteiger partial charge in [-0.05, 0) is 26.3 Å². The van der Waals surface area contributed by atoms with Crippen LogP contribution in [0.4, 0.5) is 0 Å². The zero-order chi connectivity index (χ0) is 11.3. The summed E-state index contributed by atoms with van der Waals surface area (Å²) in [7, 11) is 0. The first-order valence-electron chi connectivity index (χ1n) is 5.15. The maximum absolute atomic E-state index is 11.9. The lowest BCUT2D eigenvalue weighted by Gasteiger charge is -2.19. The topological polar surface area (TPSA) is 53.7 Å². The number of aryl methyl sites for hydroxylation is 1. The van der Waals surface area contributed by atoms with Crippen LogP contribution >= 0.6 is 0 Å². The Morgan fingerprint density at radius 1 is 1.60 bits per heavy atom. The van der Waals surface area contributed by atoms with Crippen molar-refractivity contribution in [1.82, 2.24) is 4.90 Å². The highest BCUT2D eigenvalue weighted by molar-refractivity contribution is 5.95. The molecule has 0 radical (unpaired) electrons. The molecule has 0 aliphatic rings. The van der Waals surface area contributed by atoms with Gasteiger partial charge in [0, 0.05) is 19.7 Å².